The average molecular weight is 761 g/mol. The Labute approximate surface area is 302 Å². The first-order valence-corrected chi connectivity index (χ1v) is 18.6. The van der Waals surface area contributed by atoms with Gasteiger partial charge in [0, 0.05) is 72.2 Å². The number of likely N-dealkylation sites (tertiary alicyclic amines) is 1. The van der Waals surface area contributed by atoms with Crippen LogP contribution in [0.25, 0.3) is 0 Å². The molecule has 3 aliphatic rings. The molecule has 2 aromatic carbocycles. The number of nitrogens with one attached hydrogen (secondary N) is 1. The quantitative estimate of drug-likeness (QED) is 0.129. The third-order valence-electron chi connectivity index (χ3n) is 8.92. The van der Waals surface area contributed by atoms with Crippen molar-refractivity contribution in [1.29, 1.82) is 0 Å². The maximum atomic E-state index is 13.7. The SMILES string of the molecule is CC(O)[C@H]1C(=O)N2C(C(=O)OCc3ccc([N+](=O)[O-])cc3)=C(S[C@H]3CC(=CNN(C)S(C)(=O)=O)N(C(=O)OCc4ccc([N+](=O)[O-])cc4)C3)[C@H](C)[C@H]12. The number of ether oxygens (including phenoxy) is 2. The van der Waals surface area contributed by atoms with Crippen molar-refractivity contribution in [3.8, 4) is 0 Å². The molecule has 2 saturated heterocycles. The van der Waals surface area contributed by atoms with Gasteiger partial charge in [-0.25, -0.2) is 18.0 Å². The maximum Gasteiger partial charge on any atom is 0.414 e. The van der Waals surface area contributed by atoms with E-state index in [1.165, 1.54) is 90.3 Å². The van der Waals surface area contributed by atoms with Gasteiger partial charge in [-0.05, 0) is 42.3 Å². The van der Waals surface area contributed by atoms with Crippen molar-refractivity contribution in [3.05, 3.63) is 102 Å². The summed E-state index contributed by atoms with van der Waals surface area (Å²) in [6.45, 7) is 2.94. The van der Waals surface area contributed by atoms with Gasteiger partial charge in [0.1, 0.15) is 18.9 Å². The van der Waals surface area contributed by atoms with Gasteiger partial charge in [0.05, 0.1) is 34.2 Å². The average Bonchev–Trinajstić information content (AvgIpc) is 3.60. The van der Waals surface area contributed by atoms with Crippen LogP contribution in [0.1, 0.15) is 31.4 Å². The van der Waals surface area contributed by atoms with Crippen LogP contribution in [-0.4, -0.2) is 92.8 Å². The molecule has 52 heavy (non-hydrogen) atoms. The standard InChI is InChI=1S/C32H36N6O12S2/c1-18-27-26(19(2)39)30(40)36(27)28(31(41)49-16-20-5-9-22(10-6-20)37(43)44)29(18)51-25-13-24(14-33-34(3)52(4,47)48)35(15-25)32(42)50-17-21-7-11-23(12-8-21)38(45)46/h5-12,14,18-19,25-27,33,39H,13,15-17H2,1-4H3/t18-,19?,25+,26-,27-/m1/s1. The summed E-state index contributed by atoms with van der Waals surface area (Å²) in [6, 6.07) is 10.4. The molecular formula is C32H36N6O12S2. The zero-order chi connectivity index (χ0) is 38.1. The number of rotatable bonds is 13. The molecule has 0 radical (unpaired) electrons. The smallest absolute Gasteiger partial charge is 0.414 e. The summed E-state index contributed by atoms with van der Waals surface area (Å²) < 4.78 is 36.0. The van der Waals surface area contributed by atoms with Crippen LogP contribution in [0.4, 0.5) is 16.2 Å². The number of sulfonamides is 1. The van der Waals surface area contributed by atoms with Gasteiger partial charge < -0.3 is 24.9 Å². The van der Waals surface area contributed by atoms with Crippen LogP contribution in [-0.2, 0) is 42.3 Å². The summed E-state index contributed by atoms with van der Waals surface area (Å²) in [4.78, 5) is 64.3. The molecule has 20 heteroatoms. The predicted molar refractivity (Wildman–Crippen MR) is 185 cm³/mol. The van der Waals surface area contributed by atoms with E-state index in [0.717, 1.165) is 10.7 Å². The van der Waals surface area contributed by atoms with Crippen LogP contribution in [0.2, 0.25) is 0 Å². The number of hydrogen-bond donors (Lipinski definition) is 2. The lowest BCUT2D eigenvalue weighted by Crippen LogP contribution is -2.63. The number of aliphatic hydroxyl groups is 1. The highest BCUT2D eigenvalue weighted by Crippen LogP contribution is 2.52. The molecular weight excluding hydrogens is 725 g/mol. The Balaban J connectivity index is 1.38. The van der Waals surface area contributed by atoms with E-state index in [2.05, 4.69) is 5.43 Å². The van der Waals surface area contributed by atoms with E-state index in [-0.39, 0.29) is 43.3 Å². The van der Waals surface area contributed by atoms with Crippen molar-refractivity contribution in [2.24, 2.45) is 11.8 Å². The highest BCUT2D eigenvalue weighted by molar-refractivity contribution is 8.03. The summed E-state index contributed by atoms with van der Waals surface area (Å²) in [7, 11) is -2.37. The number of allylic oxidation sites excluding steroid dienone is 1. The van der Waals surface area contributed by atoms with Gasteiger partial charge >= 0.3 is 12.1 Å². The topological polar surface area (TPSA) is 232 Å². The molecule has 2 fully saturated rings. The largest absolute Gasteiger partial charge is 0.456 e. The monoisotopic (exact) mass is 760 g/mol. The number of fused-ring (bicyclic) bond motifs is 1. The molecule has 18 nitrogen and oxygen atoms in total. The minimum absolute atomic E-state index is 0.00553. The van der Waals surface area contributed by atoms with E-state index in [4.69, 9.17) is 9.47 Å². The third kappa shape index (κ3) is 8.04. The molecule has 3 aliphatic heterocycles. The number of nitrogens with zero attached hydrogens (tertiary/aromatic N) is 5. The number of thioether (sulfide) groups is 1. The Bertz CT molecular complexity index is 1930. The van der Waals surface area contributed by atoms with Gasteiger partial charge in [-0.15, -0.1) is 16.2 Å². The Kier molecular flexibility index (Phi) is 11.2. The second kappa shape index (κ2) is 15.3. The zero-order valence-corrected chi connectivity index (χ0v) is 30.0. The molecule has 2 N–H and O–H groups in total. The molecule has 5 atom stereocenters. The van der Waals surface area contributed by atoms with Crippen LogP contribution in [0.3, 0.4) is 0 Å². The van der Waals surface area contributed by atoms with Gasteiger partial charge in [0.2, 0.25) is 15.9 Å². The first-order chi connectivity index (χ1) is 24.5. The first kappa shape index (κ1) is 38.2. The number of esters is 1. The summed E-state index contributed by atoms with van der Waals surface area (Å²) in [5, 5.41) is 32.0. The fraction of sp³-hybridized carbons (Fsp3) is 0.406. The second-order valence-corrected chi connectivity index (χ2v) is 15.9. The predicted octanol–water partition coefficient (Wildman–Crippen LogP) is 3.00. The minimum Gasteiger partial charge on any atom is -0.456 e. The van der Waals surface area contributed by atoms with Crippen molar-refractivity contribution < 1.29 is 47.2 Å². The molecule has 1 unspecified atom stereocenters. The highest BCUT2D eigenvalue weighted by atomic mass is 32.2. The van der Waals surface area contributed by atoms with Gasteiger partial charge in [-0.1, -0.05) is 6.92 Å². The number of nitro groups is 2. The Morgan fingerprint density at radius 3 is 2.10 bits per heavy atom. The molecule has 0 bridgehead atoms. The summed E-state index contributed by atoms with van der Waals surface area (Å²) in [5.41, 5.74) is 3.71. The van der Waals surface area contributed by atoms with Gasteiger partial charge in [0.25, 0.3) is 11.4 Å². The number of aliphatic hydroxyl groups excluding tert-OH is 1. The second-order valence-electron chi connectivity index (χ2n) is 12.5. The molecule has 3 heterocycles. The fourth-order valence-corrected chi connectivity index (χ4v) is 7.84. The number of amides is 2. The normalized spacial score (nSPS) is 22.7. The van der Waals surface area contributed by atoms with E-state index in [1.54, 1.807) is 0 Å². The van der Waals surface area contributed by atoms with Crippen molar-refractivity contribution in [1.82, 2.24) is 19.6 Å². The molecule has 0 saturated carbocycles. The van der Waals surface area contributed by atoms with E-state index in [0.29, 0.717) is 21.7 Å². The lowest BCUT2D eigenvalue weighted by Gasteiger charge is -2.46. The lowest BCUT2D eigenvalue weighted by atomic mass is 9.79. The van der Waals surface area contributed by atoms with Gasteiger partial charge in [0.15, 0.2) is 0 Å². The van der Waals surface area contributed by atoms with Gasteiger partial charge in [-0.2, -0.15) is 0 Å². The third-order valence-corrected chi connectivity index (χ3v) is 11.5. The number of carbonyl (C=O) groups is 3. The van der Waals surface area contributed by atoms with Crippen molar-refractivity contribution in [2.75, 3.05) is 19.8 Å². The van der Waals surface area contributed by atoms with E-state index >= 15 is 0 Å². The molecule has 2 amide bonds. The molecule has 2 aromatic rings. The Morgan fingerprint density at radius 1 is 1.06 bits per heavy atom. The first-order valence-electron chi connectivity index (χ1n) is 15.9. The van der Waals surface area contributed by atoms with Crippen LogP contribution in [0.5, 0.6) is 0 Å². The fourth-order valence-electron chi connectivity index (χ4n) is 6.11. The number of hydrogen-bond acceptors (Lipinski definition) is 14. The van der Waals surface area contributed by atoms with E-state index < -0.39 is 67.1 Å². The zero-order valence-electron chi connectivity index (χ0n) is 28.4. The van der Waals surface area contributed by atoms with Crippen molar-refractivity contribution >= 4 is 51.1 Å². The van der Waals surface area contributed by atoms with Gasteiger partial charge in [-0.3, -0.25) is 29.9 Å². The number of carbonyl (C=O) groups excluding carboxylic acids is 3. The number of non-ortho nitro benzene ring substituents is 2. The maximum absolute atomic E-state index is 13.7. The molecule has 0 spiro atoms. The van der Waals surface area contributed by atoms with E-state index in [1.807, 2.05) is 6.92 Å². The summed E-state index contributed by atoms with van der Waals surface area (Å²) in [6.07, 6.45) is 0.769. The highest BCUT2D eigenvalue weighted by Gasteiger charge is 2.60. The van der Waals surface area contributed by atoms with Crippen LogP contribution in [0, 0.1) is 32.1 Å². The summed E-state index contributed by atoms with van der Waals surface area (Å²) in [5.74, 6) is -2.42. The van der Waals surface area contributed by atoms with Crippen molar-refractivity contribution in [2.45, 2.75) is 50.9 Å². The Morgan fingerprint density at radius 2 is 1.60 bits per heavy atom. The number of nitro benzene ring substituents is 2. The minimum atomic E-state index is -3.66. The number of benzene rings is 2. The molecule has 278 valence electrons. The van der Waals surface area contributed by atoms with Crippen LogP contribution >= 0.6 is 11.8 Å². The molecule has 0 aliphatic carbocycles. The number of hydrazine groups is 1. The summed E-state index contributed by atoms with van der Waals surface area (Å²) >= 11 is 1.25. The number of β-lactam (4-membered cyclic amide) rings is 1. The van der Waals surface area contributed by atoms with Crippen molar-refractivity contribution in [3.63, 3.8) is 0 Å². The molecule has 5 rings (SSSR count). The molecule has 0 aromatic heterocycles. The Hall–Kier alpha value is -5.05. The lowest BCUT2D eigenvalue weighted by molar-refractivity contribution is -0.385. The van der Waals surface area contributed by atoms with Crippen LogP contribution < -0.4 is 5.43 Å². The van der Waals surface area contributed by atoms with E-state index in [9.17, 15) is 48.1 Å². The van der Waals surface area contributed by atoms with Crippen LogP contribution in [0.15, 0.2) is 71.0 Å².